The Morgan fingerprint density at radius 1 is 1.33 bits per heavy atom. The van der Waals surface area contributed by atoms with Gasteiger partial charge in [0.2, 0.25) is 0 Å². The van der Waals surface area contributed by atoms with Crippen molar-refractivity contribution in [3.63, 3.8) is 0 Å². The van der Waals surface area contributed by atoms with Gasteiger partial charge in [0.05, 0.1) is 18.7 Å². The molecule has 0 spiro atoms. The summed E-state index contributed by atoms with van der Waals surface area (Å²) < 4.78 is 14.8. The first kappa shape index (κ1) is 14.5. The van der Waals surface area contributed by atoms with Gasteiger partial charge in [0, 0.05) is 12.0 Å². The van der Waals surface area contributed by atoms with Crippen molar-refractivity contribution in [3.05, 3.63) is 53.8 Å². The quantitative estimate of drug-likeness (QED) is 0.719. The summed E-state index contributed by atoms with van der Waals surface area (Å²) in [6.07, 6.45) is -0.259. The van der Waals surface area contributed by atoms with Crippen LogP contribution in [0.15, 0.2) is 31.8 Å². The Hall–Kier alpha value is 0.0600. The maximum Gasteiger partial charge on any atom is 0.141 e. The van der Waals surface area contributed by atoms with Gasteiger partial charge in [-0.05, 0) is 55.6 Å². The first-order valence-electron chi connectivity index (χ1n) is 5.04. The van der Waals surface area contributed by atoms with Crippen LogP contribution in [-0.2, 0) is 6.42 Å². The molecule has 1 aromatic heterocycles. The Kier molecular flexibility index (Phi) is 4.83. The molecule has 1 unspecified atom stereocenters. The molecule has 2 rings (SSSR count). The number of halogens is 4. The highest BCUT2D eigenvalue weighted by Crippen LogP contribution is 2.36. The average molecular weight is 415 g/mol. The van der Waals surface area contributed by atoms with E-state index in [0.29, 0.717) is 6.42 Å². The summed E-state index contributed by atoms with van der Waals surface area (Å²) in [4.78, 5) is 0. The molecule has 18 heavy (non-hydrogen) atoms. The number of aliphatic hydroxyl groups excluding tert-OH is 1. The lowest BCUT2D eigenvalue weighted by Crippen LogP contribution is -2.01. The molecule has 0 radical (unpaired) electrons. The van der Waals surface area contributed by atoms with Crippen LogP contribution in [0, 0.1) is 5.82 Å². The minimum Gasteiger partial charge on any atom is -0.388 e. The molecule has 0 aliphatic rings. The molecule has 0 fully saturated rings. The summed E-state index contributed by atoms with van der Waals surface area (Å²) in [6, 6.07) is 6.34. The van der Waals surface area contributed by atoms with Crippen LogP contribution in [0.25, 0.3) is 0 Å². The van der Waals surface area contributed by atoms with Gasteiger partial charge in [0.1, 0.15) is 5.82 Å². The van der Waals surface area contributed by atoms with Gasteiger partial charge < -0.3 is 5.11 Å². The Labute approximate surface area is 130 Å². The SMILES string of the molecule is OC(Cc1ccc(F)c(Cl)c1)c1cc(Br)sc1Br. The van der Waals surface area contributed by atoms with Gasteiger partial charge in [-0.1, -0.05) is 17.7 Å². The maximum absolute atomic E-state index is 13.0. The fourth-order valence-corrected chi connectivity index (χ4v) is 4.74. The van der Waals surface area contributed by atoms with Crippen LogP contribution in [0.4, 0.5) is 4.39 Å². The number of benzene rings is 1. The summed E-state index contributed by atoms with van der Waals surface area (Å²) in [5, 5.41) is 10.2. The van der Waals surface area contributed by atoms with Gasteiger partial charge in [0.15, 0.2) is 0 Å². The van der Waals surface area contributed by atoms with Crippen molar-refractivity contribution >= 4 is 54.8 Å². The van der Waals surface area contributed by atoms with Crippen LogP contribution >= 0.6 is 54.8 Å². The second-order valence-corrected chi connectivity index (χ2v) is 7.90. The van der Waals surface area contributed by atoms with E-state index in [1.165, 1.54) is 23.5 Å². The molecule has 1 nitrogen and oxygen atoms in total. The van der Waals surface area contributed by atoms with Crippen molar-refractivity contribution in [3.8, 4) is 0 Å². The minimum absolute atomic E-state index is 0.0743. The minimum atomic E-state index is -0.650. The number of hydrogen-bond acceptors (Lipinski definition) is 2. The van der Waals surface area contributed by atoms with Crippen molar-refractivity contribution in [2.45, 2.75) is 12.5 Å². The molecular formula is C12H8Br2ClFOS. The molecule has 6 heteroatoms. The molecule has 0 aliphatic heterocycles. The number of thiophene rings is 1. The van der Waals surface area contributed by atoms with Crippen LogP contribution in [0.1, 0.15) is 17.2 Å². The maximum atomic E-state index is 13.0. The molecule has 0 aliphatic carbocycles. The zero-order valence-electron chi connectivity index (χ0n) is 8.96. The summed E-state index contributed by atoms with van der Waals surface area (Å²) in [5.74, 6) is -0.450. The van der Waals surface area contributed by atoms with E-state index in [2.05, 4.69) is 31.9 Å². The third-order valence-corrected chi connectivity index (χ3v) is 5.13. The first-order valence-corrected chi connectivity index (χ1v) is 7.82. The lowest BCUT2D eigenvalue weighted by Gasteiger charge is -2.10. The fourth-order valence-electron chi connectivity index (χ4n) is 1.58. The third kappa shape index (κ3) is 3.33. The number of rotatable bonds is 3. The van der Waals surface area contributed by atoms with Crippen LogP contribution in [-0.4, -0.2) is 5.11 Å². The summed E-state index contributed by atoms with van der Waals surface area (Å²) >= 11 is 14.0. The molecule has 1 heterocycles. The number of aliphatic hydroxyl groups is 1. The fraction of sp³-hybridized carbons (Fsp3) is 0.167. The molecule has 1 aromatic carbocycles. The standard InChI is InChI=1S/C12H8Br2ClFOS/c13-11-5-7(12(14)18-11)10(17)4-6-1-2-9(16)8(15)3-6/h1-3,5,10,17H,4H2. The molecular weight excluding hydrogens is 406 g/mol. The van der Waals surface area contributed by atoms with Crippen molar-refractivity contribution in [2.75, 3.05) is 0 Å². The lowest BCUT2D eigenvalue weighted by molar-refractivity contribution is 0.178. The van der Waals surface area contributed by atoms with Crippen LogP contribution in [0.5, 0.6) is 0 Å². The van der Waals surface area contributed by atoms with E-state index in [1.807, 2.05) is 6.07 Å². The van der Waals surface area contributed by atoms with Crippen molar-refractivity contribution in [1.82, 2.24) is 0 Å². The molecule has 0 saturated heterocycles. The molecule has 0 saturated carbocycles. The zero-order chi connectivity index (χ0) is 13.3. The molecule has 96 valence electrons. The Balaban J connectivity index is 2.18. The van der Waals surface area contributed by atoms with E-state index in [0.717, 1.165) is 18.7 Å². The highest BCUT2D eigenvalue weighted by Gasteiger charge is 2.15. The predicted molar refractivity (Wildman–Crippen MR) is 79.8 cm³/mol. The Morgan fingerprint density at radius 3 is 2.61 bits per heavy atom. The largest absolute Gasteiger partial charge is 0.388 e. The summed E-state index contributed by atoms with van der Waals surface area (Å²) in [7, 11) is 0. The van der Waals surface area contributed by atoms with E-state index < -0.39 is 11.9 Å². The van der Waals surface area contributed by atoms with E-state index >= 15 is 0 Å². The van der Waals surface area contributed by atoms with Gasteiger partial charge in [-0.2, -0.15) is 0 Å². The summed E-state index contributed by atoms with van der Waals surface area (Å²) in [6.45, 7) is 0. The Morgan fingerprint density at radius 2 is 2.06 bits per heavy atom. The van der Waals surface area contributed by atoms with Crippen LogP contribution < -0.4 is 0 Å². The molecule has 2 aromatic rings. The molecule has 0 bridgehead atoms. The molecule has 1 N–H and O–H groups in total. The van der Waals surface area contributed by atoms with Crippen molar-refractivity contribution in [1.29, 1.82) is 0 Å². The second-order valence-electron chi connectivity index (χ2n) is 3.75. The molecule has 1 atom stereocenters. The van der Waals surface area contributed by atoms with Gasteiger partial charge >= 0.3 is 0 Å². The van der Waals surface area contributed by atoms with E-state index in [9.17, 15) is 9.50 Å². The molecule has 0 amide bonds. The van der Waals surface area contributed by atoms with Crippen LogP contribution in [0.3, 0.4) is 0 Å². The normalized spacial score (nSPS) is 12.7. The Bertz CT molecular complexity index is 573. The van der Waals surface area contributed by atoms with E-state index in [4.69, 9.17) is 11.6 Å². The average Bonchev–Trinajstić information content (AvgIpc) is 2.63. The van der Waals surface area contributed by atoms with Gasteiger partial charge in [0.25, 0.3) is 0 Å². The zero-order valence-corrected chi connectivity index (χ0v) is 13.7. The smallest absolute Gasteiger partial charge is 0.141 e. The van der Waals surface area contributed by atoms with Crippen LogP contribution in [0.2, 0.25) is 5.02 Å². The van der Waals surface area contributed by atoms with Gasteiger partial charge in [-0.15, -0.1) is 11.3 Å². The first-order chi connectivity index (χ1) is 8.47. The van der Waals surface area contributed by atoms with E-state index in [-0.39, 0.29) is 5.02 Å². The number of hydrogen-bond donors (Lipinski definition) is 1. The lowest BCUT2D eigenvalue weighted by atomic mass is 10.0. The highest BCUT2D eigenvalue weighted by atomic mass is 79.9. The predicted octanol–water partition coefficient (Wildman–Crippen LogP) is 5.34. The van der Waals surface area contributed by atoms with Crippen molar-refractivity contribution < 1.29 is 9.50 Å². The van der Waals surface area contributed by atoms with E-state index in [1.54, 1.807) is 6.07 Å². The van der Waals surface area contributed by atoms with Gasteiger partial charge in [-0.25, -0.2) is 4.39 Å². The second kappa shape index (κ2) is 6.01. The highest BCUT2D eigenvalue weighted by molar-refractivity contribution is 9.12. The summed E-state index contributed by atoms with van der Waals surface area (Å²) in [5.41, 5.74) is 1.61. The van der Waals surface area contributed by atoms with Gasteiger partial charge in [-0.3, -0.25) is 0 Å². The third-order valence-electron chi connectivity index (χ3n) is 2.46. The van der Waals surface area contributed by atoms with Crippen molar-refractivity contribution in [2.24, 2.45) is 0 Å². The monoisotopic (exact) mass is 412 g/mol. The topological polar surface area (TPSA) is 20.2 Å².